The van der Waals surface area contributed by atoms with E-state index < -0.39 is 18.0 Å². The van der Waals surface area contributed by atoms with Crippen LogP contribution in [0, 0.1) is 11.8 Å². The number of nitrogens with zero attached hydrogens (tertiary/aromatic N) is 1. The summed E-state index contributed by atoms with van der Waals surface area (Å²) in [6.07, 6.45) is 11.8. The van der Waals surface area contributed by atoms with Crippen molar-refractivity contribution in [1.82, 2.24) is 15.6 Å². The first-order valence-electron chi connectivity index (χ1n) is 15.9. The second kappa shape index (κ2) is 14.8. The standard InChI is InChI=1S/C37H35N3O6S2/c1-3-5-14-45-32-26-11-16-47-34(26)33(46-15-6-4-2)35-27(32)21-25(48-35)8-7-22-9-12-38-28(17-22)30-19-24(37(43)44)20-31(40-30)29-18-23(36(41)42)10-13-39-29/h9-12,16-21,31,39-40H,3-6,13-15H2,1-2H3,(H,41,42)(H,43,44). The molecule has 0 saturated carbocycles. The van der Waals surface area contributed by atoms with Crippen molar-refractivity contribution in [2.75, 3.05) is 19.8 Å². The van der Waals surface area contributed by atoms with E-state index in [0.717, 1.165) is 62.2 Å². The number of rotatable bonds is 12. The van der Waals surface area contributed by atoms with E-state index in [1.807, 2.05) is 6.07 Å². The third kappa shape index (κ3) is 7.10. The van der Waals surface area contributed by atoms with Crippen LogP contribution in [0.4, 0.5) is 0 Å². The van der Waals surface area contributed by atoms with Crippen LogP contribution in [0.3, 0.4) is 0 Å². The Balaban J connectivity index is 1.33. The van der Waals surface area contributed by atoms with Crippen LogP contribution >= 0.6 is 22.7 Å². The highest BCUT2D eigenvalue weighted by Crippen LogP contribution is 2.48. The summed E-state index contributed by atoms with van der Waals surface area (Å²) in [6, 6.07) is 7.20. The molecule has 3 aromatic heterocycles. The highest BCUT2D eigenvalue weighted by molar-refractivity contribution is 7.21. The summed E-state index contributed by atoms with van der Waals surface area (Å²) in [5, 5.41) is 29.9. The van der Waals surface area contributed by atoms with Gasteiger partial charge in [-0.3, -0.25) is 4.98 Å². The van der Waals surface area contributed by atoms with Gasteiger partial charge >= 0.3 is 11.9 Å². The molecule has 0 spiro atoms. The van der Waals surface area contributed by atoms with E-state index in [-0.39, 0.29) is 11.1 Å². The Labute approximate surface area is 286 Å². The minimum absolute atomic E-state index is 0.0697. The number of fused-ring (bicyclic) bond motifs is 2. The van der Waals surface area contributed by atoms with Gasteiger partial charge in [0.15, 0.2) is 5.75 Å². The monoisotopic (exact) mass is 681 g/mol. The highest BCUT2D eigenvalue weighted by Gasteiger charge is 2.25. The zero-order valence-corrected chi connectivity index (χ0v) is 28.2. The number of ether oxygens (including phenoxy) is 2. The molecule has 0 fully saturated rings. The second-order valence-corrected chi connectivity index (χ2v) is 13.3. The zero-order valence-electron chi connectivity index (χ0n) is 26.6. The average molecular weight is 682 g/mol. The van der Waals surface area contributed by atoms with Crippen LogP contribution < -0.4 is 20.1 Å². The predicted molar refractivity (Wildman–Crippen MR) is 191 cm³/mol. The van der Waals surface area contributed by atoms with Crippen molar-refractivity contribution in [2.24, 2.45) is 0 Å². The number of nitrogens with one attached hydrogen (secondary N) is 2. The van der Waals surface area contributed by atoms with Gasteiger partial charge in [0.25, 0.3) is 0 Å². The molecule has 0 radical (unpaired) electrons. The summed E-state index contributed by atoms with van der Waals surface area (Å²) in [5.41, 5.74) is 2.47. The third-order valence-corrected chi connectivity index (χ3v) is 9.84. The van der Waals surface area contributed by atoms with Crippen molar-refractivity contribution in [3.8, 4) is 23.3 Å². The van der Waals surface area contributed by atoms with Crippen molar-refractivity contribution >= 4 is 60.5 Å². The van der Waals surface area contributed by atoms with E-state index in [1.165, 1.54) is 12.2 Å². The summed E-state index contributed by atoms with van der Waals surface area (Å²) in [5.74, 6) is 6.20. The molecule has 1 atom stereocenters. The molecule has 4 aromatic rings. The molecule has 11 heteroatoms. The van der Waals surface area contributed by atoms with Crippen molar-refractivity contribution in [3.63, 3.8) is 0 Å². The van der Waals surface area contributed by atoms with Crippen LogP contribution in [0.15, 0.2) is 77.0 Å². The van der Waals surface area contributed by atoms with Gasteiger partial charge in [0.1, 0.15) is 5.75 Å². The average Bonchev–Trinajstić information content (AvgIpc) is 3.76. The molecule has 1 unspecified atom stereocenters. The van der Waals surface area contributed by atoms with Gasteiger partial charge in [0.05, 0.1) is 56.1 Å². The molecule has 5 heterocycles. The molecule has 0 bridgehead atoms. The molecule has 4 N–H and O–H groups in total. The van der Waals surface area contributed by atoms with E-state index >= 15 is 0 Å². The number of aliphatic carboxylic acids is 2. The first kappa shape index (κ1) is 32.9. The number of dihydropyridines is 2. The van der Waals surface area contributed by atoms with Gasteiger partial charge < -0.3 is 30.3 Å². The van der Waals surface area contributed by atoms with Gasteiger partial charge in [-0.15, -0.1) is 22.7 Å². The lowest BCUT2D eigenvalue weighted by Crippen LogP contribution is -2.38. The number of pyridine rings is 1. The fourth-order valence-corrected chi connectivity index (χ4v) is 7.38. The number of benzene rings is 1. The molecule has 246 valence electrons. The molecule has 1 aromatic carbocycles. The predicted octanol–water partition coefficient (Wildman–Crippen LogP) is 7.09. The van der Waals surface area contributed by atoms with E-state index in [9.17, 15) is 19.8 Å². The maximum absolute atomic E-state index is 12.0. The maximum Gasteiger partial charge on any atom is 0.335 e. The Morgan fingerprint density at radius 3 is 2.48 bits per heavy atom. The molecule has 2 aliphatic rings. The third-order valence-electron chi connectivity index (χ3n) is 7.88. The van der Waals surface area contributed by atoms with Crippen molar-refractivity contribution in [1.29, 1.82) is 0 Å². The molecule has 48 heavy (non-hydrogen) atoms. The highest BCUT2D eigenvalue weighted by atomic mass is 32.1. The molecule has 9 nitrogen and oxygen atoms in total. The van der Waals surface area contributed by atoms with Crippen LogP contribution in [0.1, 0.15) is 55.7 Å². The van der Waals surface area contributed by atoms with Crippen molar-refractivity contribution < 1.29 is 29.3 Å². The molecule has 6 rings (SSSR count). The Morgan fingerprint density at radius 2 is 1.73 bits per heavy atom. The molecule has 0 aliphatic carbocycles. The maximum atomic E-state index is 12.0. The van der Waals surface area contributed by atoms with Crippen LogP contribution in [-0.4, -0.2) is 52.9 Å². The molecular formula is C37H35N3O6S2. The number of hydrogen-bond donors (Lipinski definition) is 4. The van der Waals surface area contributed by atoms with E-state index in [1.54, 1.807) is 47.1 Å². The SMILES string of the molecule is CCCCOc1c2ccsc2c(OCCCC)c2sc(C#Cc3ccnc(C4=CC(C(=O)O)=CC(C5=CC(C(=O)O)=CCN5)N4)c3)cc12. The number of carboxylic acid groups (broad SMARTS) is 2. The topological polar surface area (TPSA) is 130 Å². The summed E-state index contributed by atoms with van der Waals surface area (Å²) in [7, 11) is 0. The fraction of sp³-hybridized carbons (Fsp3) is 0.270. The number of carbonyl (C=O) groups is 2. The van der Waals surface area contributed by atoms with Gasteiger partial charge in [-0.2, -0.15) is 0 Å². The van der Waals surface area contributed by atoms with E-state index in [0.29, 0.717) is 42.4 Å². The Kier molecular flexibility index (Phi) is 10.1. The normalized spacial score (nSPS) is 15.7. The molecular weight excluding hydrogens is 647 g/mol. The lowest BCUT2D eigenvalue weighted by molar-refractivity contribution is -0.133. The summed E-state index contributed by atoms with van der Waals surface area (Å²) >= 11 is 3.24. The number of carboxylic acids is 2. The van der Waals surface area contributed by atoms with Crippen molar-refractivity contribution in [2.45, 2.75) is 45.6 Å². The first-order valence-corrected chi connectivity index (χ1v) is 17.6. The number of aromatic nitrogens is 1. The minimum atomic E-state index is -1.10. The van der Waals surface area contributed by atoms with Crippen LogP contribution in [-0.2, 0) is 9.59 Å². The Morgan fingerprint density at radius 1 is 0.958 bits per heavy atom. The lowest BCUT2D eigenvalue weighted by Gasteiger charge is -2.27. The molecule has 0 saturated heterocycles. The Hall–Kier alpha value is -5.05. The smallest absolute Gasteiger partial charge is 0.335 e. The largest absolute Gasteiger partial charge is 0.492 e. The van der Waals surface area contributed by atoms with E-state index in [4.69, 9.17) is 9.47 Å². The van der Waals surface area contributed by atoms with Crippen LogP contribution in [0.5, 0.6) is 11.5 Å². The quantitative estimate of drug-likeness (QED) is 0.0915. The summed E-state index contributed by atoms with van der Waals surface area (Å²) in [4.78, 5) is 29.0. The second-order valence-electron chi connectivity index (χ2n) is 11.3. The first-order chi connectivity index (χ1) is 23.4. The minimum Gasteiger partial charge on any atom is -0.492 e. The summed E-state index contributed by atoms with van der Waals surface area (Å²) < 4.78 is 14.8. The van der Waals surface area contributed by atoms with Gasteiger partial charge in [-0.25, -0.2) is 9.59 Å². The summed E-state index contributed by atoms with van der Waals surface area (Å²) in [6.45, 7) is 5.89. The van der Waals surface area contributed by atoms with Gasteiger partial charge in [0, 0.05) is 34.8 Å². The van der Waals surface area contributed by atoms with Crippen molar-refractivity contribution in [3.05, 3.63) is 93.1 Å². The van der Waals surface area contributed by atoms with Crippen LogP contribution in [0.25, 0.3) is 25.9 Å². The van der Waals surface area contributed by atoms with E-state index in [2.05, 4.69) is 58.8 Å². The number of thiophene rings is 2. The van der Waals surface area contributed by atoms with Gasteiger partial charge in [-0.1, -0.05) is 44.6 Å². The lowest BCUT2D eigenvalue weighted by atomic mass is 9.99. The van der Waals surface area contributed by atoms with Crippen LogP contribution in [0.2, 0.25) is 0 Å². The number of hydrogen-bond acceptors (Lipinski definition) is 9. The zero-order chi connectivity index (χ0) is 33.6. The van der Waals surface area contributed by atoms with Gasteiger partial charge in [-0.05, 0) is 60.7 Å². The molecule has 2 aliphatic heterocycles. The fourth-order valence-electron chi connectivity index (χ4n) is 5.40. The Bertz CT molecular complexity index is 2010. The molecule has 0 amide bonds. The number of unbranched alkanes of at least 4 members (excludes halogenated alkanes) is 2. The van der Waals surface area contributed by atoms with Gasteiger partial charge in [0.2, 0.25) is 0 Å².